The Morgan fingerprint density at radius 1 is 1.04 bits per heavy atom. The summed E-state index contributed by atoms with van der Waals surface area (Å²) in [5.41, 5.74) is 1.50. The van der Waals surface area contributed by atoms with E-state index in [2.05, 4.69) is 10.2 Å². The van der Waals surface area contributed by atoms with Crippen molar-refractivity contribution < 1.29 is 9.90 Å². The number of benzene rings is 2. The normalized spacial score (nSPS) is 19.7. The molecule has 1 amide bonds. The average molecular weight is 310 g/mol. The van der Waals surface area contributed by atoms with Gasteiger partial charge in [0.05, 0.1) is 0 Å². The Labute approximate surface area is 136 Å². The van der Waals surface area contributed by atoms with Crippen LogP contribution in [0.25, 0.3) is 0 Å². The third-order valence-corrected chi connectivity index (χ3v) is 4.38. The van der Waals surface area contributed by atoms with Crippen LogP contribution in [0.4, 0.5) is 5.69 Å². The summed E-state index contributed by atoms with van der Waals surface area (Å²) >= 11 is 0. The van der Waals surface area contributed by atoms with Crippen LogP contribution in [0, 0.1) is 0 Å². The van der Waals surface area contributed by atoms with E-state index in [9.17, 15) is 9.90 Å². The second-order valence-electron chi connectivity index (χ2n) is 6.31. The maximum absolute atomic E-state index is 12.5. The molecule has 1 atom stereocenters. The molecule has 0 saturated heterocycles. The second kappa shape index (κ2) is 6.14. The van der Waals surface area contributed by atoms with Crippen molar-refractivity contribution in [1.82, 2.24) is 4.90 Å². The average Bonchev–Trinajstić information content (AvgIpc) is 2.63. The van der Waals surface area contributed by atoms with Gasteiger partial charge in [0, 0.05) is 22.4 Å². The van der Waals surface area contributed by atoms with Gasteiger partial charge in [-0.1, -0.05) is 36.4 Å². The molecule has 0 aromatic heterocycles. The van der Waals surface area contributed by atoms with Crippen LogP contribution in [0.2, 0.25) is 0 Å². The molecule has 1 heterocycles. The van der Waals surface area contributed by atoms with Crippen LogP contribution in [-0.2, 0) is 5.60 Å². The monoisotopic (exact) mass is 310 g/mol. The maximum Gasteiger partial charge on any atom is 0.256 e. The van der Waals surface area contributed by atoms with Crippen LogP contribution in [0.5, 0.6) is 0 Å². The Bertz CT molecular complexity index is 727. The fourth-order valence-electron chi connectivity index (χ4n) is 3.25. The molecule has 4 heteroatoms. The number of anilines is 1. The fourth-order valence-corrected chi connectivity index (χ4v) is 3.25. The summed E-state index contributed by atoms with van der Waals surface area (Å²) in [6, 6.07) is 14.8. The van der Waals surface area contributed by atoms with Crippen LogP contribution in [-0.4, -0.2) is 36.6 Å². The Kier molecular flexibility index (Phi) is 4.20. The summed E-state index contributed by atoms with van der Waals surface area (Å²) in [4.78, 5) is 14.6. The standard InChI is InChI=1S/C19H22N2O2/c1-21(2)13-7-12-19(23)15-9-4-3-8-14(15)18(22)20-17-11-6-5-10-16(17)19/h3-6,8-11,23H,7,12-13H2,1-2H3,(H,20,22). The lowest BCUT2D eigenvalue weighted by Crippen LogP contribution is -2.29. The van der Waals surface area contributed by atoms with Crippen molar-refractivity contribution >= 4 is 11.6 Å². The summed E-state index contributed by atoms with van der Waals surface area (Å²) in [6.07, 6.45) is 1.40. The first-order chi connectivity index (χ1) is 11.0. The van der Waals surface area contributed by atoms with Gasteiger partial charge in [-0.05, 0) is 45.6 Å². The topological polar surface area (TPSA) is 52.6 Å². The molecule has 3 rings (SSSR count). The number of hydrogen-bond acceptors (Lipinski definition) is 3. The zero-order chi connectivity index (χ0) is 16.4. The summed E-state index contributed by atoms with van der Waals surface area (Å²) in [5, 5.41) is 14.5. The highest BCUT2D eigenvalue weighted by molar-refractivity contribution is 6.07. The number of hydrogen-bond donors (Lipinski definition) is 2. The van der Waals surface area contributed by atoms with Gasteiger partial charge in [0.25, 0.3) is 5.91 Å². The van der Waals surface area contributed by atoms with Gasteiger partial charge in [-0.15, -0.1) is 0 Å². The lowest BCUT2D eigenvalue weighted by Gasteiger charge is -2.30. The van der Waals surface area contributed by atoms with Crippen molar-refractivity contribution in [1.29, 1.82) is 0 Å². The van der Waals surface area contributed by atoms with Crippen molar-refractivity contribution in [3.63, 3.8) is 0 Å². The minimum Gasteiger partial charge on any atom is -0.380 e. The highest BCUT2D eigenvalue weighted by Crippen LogP contribution is 2.42. The molecule has 0 radical (unpaired) electrons. The van der Waals surface area contributed by atoms with Crippen LogP contribution in [0.1, 0.15) is 34.3 Å². The van der Waals surface area contributed by atoms with Crippen LogP contribution in [0.3, 0.4) is 0 Å². The van der Waals surface area contributed by atoms with E-state index >= 15 is 0 Å². The first kappa shape index (κ1) is 15.7. The number of aliphatic hydroxyl groups is 1. The summed E-state index contributed by atoms with van der Waals surface area (Å²) < 4.78 is 0. The van der Waals surface area contributed by atoms with E-state index in [1.54, 1.807) is 6.07 Å². The number of nitrogens with zero attached hydrogens (tertiary/aromatic N) is 1. The van der Waals surface area contributed by atoms with Gasteiger partial charge >= 0.3 is 0 Å². The van der Waals surface area contributed by atoms with Crippen molar-refractivity contribution in [2.45, 2.75) is 18.4 Å². The molecule has 2 aromatic carbocycles. The van der Waals surface area contributed by atoms with Crippen LogP contribution in [0.15, 0.2) is 48.5 Å². The summed E-state index contributed by atoms with van der Waals surface area (Å²) in [5.74, 6) is -0.170. The number of fused-ring (bicyclic) bond motifs is 2. The lowest BCUT2D eigenvalue weighted by atomic mass is 9.80. The smallest absolute Gasteiger partial charge is 0.256 e. The molecular formula is C19H22N2O2. The van der Waals surface area contributed by atoms with Crippen molar-refractivity contribution in [2.24, 2.45) is 0 Å². The van der Waals surface area contributed by atoms with Gasteiger partial charge in [0.1, 0.15) is 5.60 Å². The van der Waals surface area contributed by atoms with Gasteiger partial charge in [0.2, 0.25) is 0 Å². The van der Waals surface area contributed by atoms with Crippen molar-refractivity contribution in [2.75, 3.05) is 26.0 Å². The van der Waals surface area contributed by atoms with E-state index < -0.39 is 5.60 Å². The zero-order valence-corrected chi connectivity index (χ0v) is 13.5. The molecular weight excluding hydrogens is 288 g/mol. The second-order valence-corrected chi connectivity index (χ2v) is 6.31. The van der Waals surface area contributed by atoms with Gasteiger partial charge in [-0.3, -0.25) is 4.79 Å². The minimum atomic E-state index is -1.16. The predicted molar refractivity (Wildman–Crippen MR) is 91.6 cm³/mol. The van der Waals surface area contributed by atoms with E-state index in [0.717, 1.165) is 18.5 Å². The van der Waals surface area contributed by atoms with E-state index in [4.69, 9.17) is 0 Å². The SMILES string of the molecule is CN(C)CCCC1(O)c2ccccc2NC(=O)c2ccccc21. The highest BCUT2D eigenvalue weighted by atomic mass is 16.3. The van der Waals surface area contributed by atoms with Crippen LogP contribution < -0.4 is 5.32 Å². The first-order valence-corrected chi connectivity index (χ1v) is 7.90. The number of carbonyl (C=O) groups excluding carboxylic acids is 1. The van der Waals surface area contributed by atoms with Crippen LogP contribution >= 0.6 is 0 Å². The lowest BCUT2D eigenvalue weighted by molar-refractivity contribution is 0.0665. The van der Waals surface area contributed by atoms with Gasteiger partial charge in [0.15, 0.2) is 0 Å². The quantitative estimate of drug-likeness (QED) is 0.913. The zero-order valence-electron chi connectivity index (χ0n) is 13.5. The molecule has 1 aliphatic rings. The highest BCUT2D eigenvalue weighted by Gasteiger charge is 2.38. The predicted octanol–water partition coefficient (Wildman–Crippen LogP) is 2.83. The minimum absolute atomic E-state index is 0.170. The molecule has 23 heavy (non-hydrogen) atoms. The molecule has 120 valence electrons. The Balaban J connectivity index is 2.12. The molecule has 1 unspecified atom stereocenters. The molecule has 0 fully saturated rings. The molecule has 1 aliphatic heterocycles. The Morgan fingerprint density at radius 3 is 2.43 bits per heavy atom. The van der Waals surface area contributed by atoms with E-state index in [0.29, 0.717) is 23.2 Å². The largest absolute Gasteiger partial charge is 0.380 e. The van der Waals surface area contributed by atoms with Gasteiger partial charge in [-0.25, -0.2) is 0 Å². The van der Waals surface area contributed by atoms with Gasteiger partial charge in [-0.2, -0.15) is 0 Å². The number of rotatable bonds is 4. The maximum atomic E-state index is 12.5. The van der Waals surface area contributed by atoms with E-state index in [1.165, 1.54) is 0 Å². The van der Waals surface area contributed by atoms with Gasteiger partial charge < -0.3 is 15.3 Å². The van der Waals surface area contributed by atoms with E-state index in [-0.39, 0.29) is 5.91 Å². The molecule has 0 bridgehead atoms. The third kappa shape index (κ3) is 2.87. The summed E-state index contributed by atoms with van der Waals surface area (Å²) in [6.45, 7) is 0.883. The molecule has 4 nitrogen and oxygen atoms in total. The molecule has 2 N–H and O–H groups in total. The fraction of sp³-hybridized carbons (Fsp3) is 0.316. The summed E-state index contributed by atoms with van der Waals surface area (Å²) in [7, 11) is 4.04. The number of amides is 1. The van der Waals surface area contributed by atoms with E-state index in [1.807, 2.05) is 56.6 Å². The number of carbonyl (C=O) groups is 1. The first-order valence-electron chi connectivity index (χ1n) is 7.90. The molecule has 0 aliphatic carbocycles. The number of nitrogens with one attached hydrogen (secondary N) is 1. The molecule has 0 saturated carbocycles. The van der Waals surface area contributed by atoms with Crippen molar-refractivity contribution in [3.8, 4) is 0 Å². The molecule has 2 aromatic rings. The Hall–Kier alpha value is -2.17. The number of para-hydroxylation sites is 1. The third-order valence-electron chi connectivity index (χ3n) is 4.38. The van der Waals surface area contributed by atoms with Crippen molar-refractivity contribution in [3.05, 3.63) is 65.2 Å². The Morgan fingerprint density at radius 2 is 1.70 bits per heavy atom. The molecule has 0 spiro atoms.